The Balaban J connectivity index is 2.27. The minimum atomic E-state index is -0.0895. The summed E-state index contributed by atoms with van der Waals surface area (Å²) in [5, 5.41) is 9.02. The van der Waals surface area contributed by atoms with E-state index in [1.54, 1.807) is 0 Å². The third kappa shape index (κ3) is 3.25. The van der Waals surface area contributed by atoms with Crippen molar-refractivity contribution in [3.05, 3.63) is 0 Å². The van der Waals surface area contributed by atoms with Gasteiger partial charge in [0, 0.05) is 6.61 Å². The Morgan fingerprint density at radius 2 is 2.23 bits per heavy atom. The van der Waals surface area contributed by atoms with Crippen LogP contribution in [0.25, 0.3) is 0 Å². The zero-order valence-corrected chi connectivity index (χ0v) is 8.53. The van der Waals surface area contributed by atoms with Gasteiger partial charge in [-0.15, -0.1) is 0 Å². The molecule has 1 aliphatic heterocycles. The van der Waals surface area contributed by atoms with Gasteiger partial charge in [0.2, 0.25) is 0 Å². The van der Waals surface area contributed by atoms with E-state index in [4.69, 9.17) is 14.6 Å². The third-order valence-corrected chi connectivity index (χ3v) is 2.51. The fourth-order valence-corrected chi connectivity index (χ4v) is 1.58. The van der Waals surface area contributed by atoms with E-state index >= 15 is 0 Å². The summed E-state index contributed by atoms with van der Waals surface area (Å²) in [5.41, 5.74) is 0. The monoisotopic (exact) mass is 188 g/mol. The van der Waals surface area contributed by atoms with Crippen molar-refractivity contribution >= 4 is 0 Å². The van der Waals surface area contributed by atoms with Gasteiger partial charge in [-0.3, -0.25) is 0 Å². The van der Waals surface area contributed by atoms with Gasteiger partial charge in [-0.25, -0.2) is 0 Å². The van der Waals surface area contributed by atoms with Crippen LogP contribution >= 0.6 is 0 Å². The van der Waals surface area contributed by atoms with Gasteiger partial charge in [-0.2, -0.15) is 0 Å². The third-order valence-electron chi connectivity index (χ3n) is 2.51. The van der Waals surface area contributed by atoms with Gasteiger partial charge in [-0.1, -0.05) is 13.8 Å². The van der Waals surface area contributed by atoms with E-state index in [9.17, 15) is 0 Å². The Kier molecular flexibility index (Phi) is 4.70. The summed E-state index contributed by atoms with van der Waals surface area (Å²) in [6.07, 6.45) is 2.93. The van der Waals surface area contributed by atoms with Crippen LogP contribution < -0.4 is 0 Å². The highest BCUT2D eigenvalue weighted by Crippen LogP contribution is 2.24. The van der Waals surface area contributed by atoms with Crippen LogP contribution in [0.3, 0.4) is 0 Å². The van der Waals surface area contributed by atoms with E-state index in [0.717, 1.165) is 25.9 Å². The van der Waals surface area contributed by atoms with Crippen LogP contribution in [0.5, 0.6) is 0 Å². The minimum absolute atomic E-state index is 0.0318. The number of rotatable bonds is 4. The lowest BCUT2D eigenvalue weighted by Gasteiger charge is -2.33. The molecule has 3 nitrogen and oxygen atoms in total. The first-order chi connectivity index (χ1) is 6.27. The molecule has 0 spiro atoms. The van der Waals surface area contributed by atoms with Crippen molar-refractivity contribution in [2.45, 2.75) is 45.5 Å². The van der Waals surface area contributed by atoms with Crippen molar-refractivity contribution in [1.82, 2.24) is 0 Å². The van der Waals surface area contributed by atoms with Gasteiger partial charge in [0.15, 0.2) is 6.29 Å². The van der Waals surface area contributed by atoms with Crippen LogP contribution in [0.15, 0.2) is 0 Å². The van der Waals surface area contributed by atoms with Crippen molar-refractivity contribution in [3.63, 3.8) is 0 Å². The lowest BCUT2D eigenvalue weighted by atomic mass is 9.96. The normalized spacial score (nSPS) is 34.8. The van der Waals surface area contributed by atoms with E-state index < -0.39 is 0 Å². The fourth-order valence-electron chi connectivity index (χ4n) is 1.58. The molecule has 13 heavy (non-hydrogen) atoms. The van der Waals surface area contributed by atoms with Crippen LogP contribution in [0.1, 0.15) is 33.1 Å². The second-order valence-electron chi connectivity index (χ2n) is 3.71. The molecule has 1 rings (SSSR count). The first kappa shape index (κ1) is 11.0. The number of aliphatic hydroxyl groups excluding tert-OH is 1. The largest absolute Gasteiger partial charge is 0.394 e. The molecule has 3 heteroatoms. The Morgan fingerprint density at radius 3 is 2.85 bits per heavy atom. The molecule has 3 atom stereocenters. The van der Waals surface area contributed by atoms with E-state index in [1.807, 2.05) is 0 Å². The summed E-state index contributed by atoms with van der Waals surface area (Å²) in [6.45, 7) is 5.04. The molecule has 0 amide bonds. The van der Waals surface area contributed by atoms with E-state index in [0.29, 0.717) is 5.92 Å². The predicted molar refractivity (Wildman–Crippen MR) is 50.4 cm³/mol. The Bertz CT molecular complexity index is 136. The molecule has 1 saturated heterocycles. The molecule has 0 bridgehead atoms. The summed E-state index contributed by atoms with van der Waals surface area (Å²) >= 11 is 0. The average Bonchev–Trinajstić information content (AvgIpc) is 2.16. The lowest BCUT2D eigenvalue weighted by molar-refractivity contribution is -0.215. The van der Waals surface area contributed by atoms with E-state index in [-0.39, 0.29) is 19.0 Å². The molecule has 1 fully saturated rings. The van der Waals surface area contributed by atoms with Crippen LogP contribution in [-0.2, 0) is 9.47 Å². The highest BCUT2D eigenvalue weighted by Gasteiger charge is 2.27. The zero-order valence-electron chi connectivity index (χ0n) is 8.53. The number of ether oxygens (including phenoxy) is 2. The lowest BCUT2D eigenvalue weighted by Crippen LogP contribution is -2.37. The molecule has 1 N–H and O–H groups in total. The van der Waals surface area contributed by atoms with Crippen molar-refractivity contribution < 1.29 is 14.6 Å². The molecule has 0 saturated carbocycles. The van der Waals surface area contributed by atoms with Crippen molar-refractivity contribution in [1.29, 1.82) is 0 Å². The molecule has 0 aromatic carbocycles. The van der Waals surface area contributed by atoms with Gasteiger partial charge in [0.1, 0.15) is 0 Å². The van der Waals surface area contributed by atoms with E-state index in [1.165, 1.54) is 0 Å². The number of aliphatic hydroxyl groups is 1. The highest BCUT2D eigenvalue weighted by molar-refractivity contribution is 4.72. The van der Waals surface area contributed by atoms with Gasteiger partial charge in [-0.05, 0) is 25.2 Å². The second kappa shape index (κ2) is 5.58. The van der Waals surface area contributed by atoms with Crippen LogP contribution in [0, 0.1) is 5.92 Å². The Morgan fingerprint density at radius 1 is 1.46 bits per heavy atom. The molecule has 0 aromatic heterocycles. The van der Waals surface area contributed by atoms with Crippen LogP contribution in [-0.4, -0.2) is 30.7 Å². The fraction of sp³-hybridized carbons (Fsp3) is 1.00. The van der Waals surface area contributed by atoms with Gasteiger partial charge < -0.3 is 14.6 Å². The summed E-state index contributed by atoms with van der Waals surface area (Å²) in [7, 11) is 0. The van der Waals surface area contributed by atoms with Crippen molar-refractivity contribution in [2.75, 3.05) is 13.2 Å². The first-order valence-corrected chi connectivity index (χ1v) is 5.15. The summed E-state index contributed by atoms with van der Waals surface area (Å²) in [5.74, 6) is 0.450. The SMILES string of the molecule is CCCOC1CCC(C)C(CO)O1. The Labute approximate surface area is 80.0 Å². The maximum atomic E-state index is 9.02. The average molecular weight is 188 g/mol. The quantitative estimate of drug-likeness (QED) is 0.727. The summed E-state index contributed by atoms with van der Waals surface area (Å²) in [4.78, 5) is 0. The molecular formula is C10H20O3. The van der Waals surface area contributed by atoms with Gasteiger partial charge >= 0.3 is 0 Å². The van der Waals surface area contributed by atoms with Gasteiger partial charge in [0.25, 0.3) is 0 Å². The molecular weight excluding hydrogens is 168 g/mol. The predicted octanol–water partition coefficient (Wildman–Crippen LogP) is 1.55. The summed E-state index contributed by atoms with van der Waals surface area (Å²) in [6, 6.07) is 0. The highest BCUT2D eigenvalue weighted by atomic mass is 16.7. The molecule has 78 valence electrons. The van der Waals surface area contributed by atoms with Crippen molar-refractivity contribution in [2.24, 2.45) is 5.92 Å². The summed E-state index contributed by atoms with van der Waals surface area (Å²) < 4.78 is 11.1. The minimum Gasteiger partial charge on any atom is -0.394 e. The standard InChI is InChI=1S/C10H20O3/c1-3-6-12-10-5-4-8(2)9(7-11)13-10/h8-11H,3-7H2,1-2H3. The molecule has 0 aromatic rings. The molecule has 1 heterocycles. The maximum absolute atomic E-state index is 9.02. The number of hydrogen-bond acceptors (Lipinski definition) is 3. The topological polar surface area (TPSA) is 38.7 Å². The zero-order chi connectivity index (χ0) is 9.68. The number of hydrogen-bond donors (Lipinski definition) is 1. The van der Waals surface area contributed by atoms with Crippen molar-refractivity contribution in [3.8, 4) is 0 Å². The van der Waals surface area contributed by atoms with Crippen LogP contribution in [0.2, 0.25) is 0 Å². The first-order valence-electron chi connectivity index (χ1n) is 5.15. The van der Waals surface area contributed by atoms with Gasteiger partial charge in [0.05, 0.1) is 12.7 Å². The maximum Gasteiger partial charge on any atom is 0.158 e. The molecule has 3 unspecified atom stereocenters. The smallest absolute Gasteiger partial charge is 0.158 e. The molecule has 0 radical (unpaired) electrons. The Hall–Kier alpha value is -0.120. The van der Waals surface area contributed by atoms with E-state index in [2.05, 4.69) is 13.8 Å². The second-order valence-corrected chi connectivity index (χ2v) is 3.71. The molecule has 1 aliphatic rings. The van der Waals surface area contributed by atoms with Crippen LogP contribution in [0.4, 0.5) is 0 Å². The molecule has 0 aliphatic carbocycles.